The van der Waals surface area contributed by atoms with Gasteiger partial charge in [-0.25, -0.2) is 0 Å². The zero-order valence-corrected chi connectivity index (χ0v) is 13.1. The summed E-state index contributed by atoms with van der Waals surface area (Å²) in [4.78, 5) is 2.49. The fourth-order valence-electron chi connectivity index (χ4n) is 2.74. The summed E-state index contributed by atoms with van der Waals surface area (Å²) in [6.07, 6.45) is 2.58. The standard InChI is InChI=1S/C15H22Cl2N2/c1-3-19(10-13-5-4-8-18-13)11(2)12-6-7-14(16)15(17)9-12/h6-7,9,11,13,18H,3-5,8,10H2,1-2H3. The van der Waals surface area contributed by atoms with Crippen LogP contribution in [0.25, 0.3) is 0 Å². The van der Waals surface area contributed by atoms with Gasteiger partial charge in [0.05, 0.1) is 10.0 Å². The highest BCUT2D eigenvalue weighted by molar-refractivity contribution is 6.42. The second-order valence-electron chi connectivity index (χ2n) is 5.23. The van der Waals surface area contributed by atoms with Gasteiger partial charge in [0.15, 0.2) is 0 Å². The topological polar surface area (TPSA) is 15.3 Å². The van der Waals surface area contributed by atoms with Gasteiger partial charge in [-0.3, -0.25) is 4.90 Å². The zero-order chi connectivity index (χ0) is 13.8. The van der Waals surface area contributed by atoms with E-state index >= 15 is 0 Å². The van der Waals surface area contributed by atoms with Gasteiger partial charge in [0.2, 0.25) is 0 Å². The third kappa shape index (κ3) is 3.85. The van der Waals surface area contributed by atoms with E-state index in [0.717, 1.165) is 19.6 Å². The molecule has 1 saturated heterocycles. The molecule has 1 heterocycles. The first-order valence-corrected chi connectivity index (χ1v) is 7.79. The maximum Gasteiger partial charge on any atom is 0.0595 e. The number of halogens is 2. The first-order chi connectivity index (χ1) is 9.11. The Balaban J connectivity index is 2.05. The number of rotatable bonds is 5. The molecule has 1 N–H and O–H groups in total. The maximum absolute atomic E-state index is 6.11. The number of likely N-dealkylation sites (N-methyl/N-ethyl adjacent to an activating group) is 1. The first-order valence-electron chi connectivity index (χ1n) is 7.04. The monoisotopic (exact) mass is 300 g/mol. The summed E-state index contributed by atoms with van der Waals surface area (Å²) in [7, 11) is 0. The Morgan fingerprint density at radius 1 is 1.37 bits per heavy atom. The minimum atomic E-state index is 0.363. The first kappa shape index (κ1) is 15.1. The zero-order valence-electron chi connectivity index (χ0n) is 11.6. The van der Waals surface area contributed by atoms with Crippen LogP contribution in [0.5, 0.6) is 0 Å². The number of benzene rings is 1. The maximum atomic E-state index is 6.11. The minimum Gasteiger partial charge on any atom is -0.313 e. The number of hydrogen-bond donors (Lipinski definition) is 1. The van der Waals surface area contributed by atoms with Gasteiger partial charge >= 0.3 is 0 Å². The molecule has 2 rings (SSSR count). The van der Waals surface area contributed by atoms with E-state index in [-0.39, 0.29) is 0 Å². The van der Waals surface area contributed by atoms with Crippen molar-refractivity contribution in [1.82, 2.24) is 10.2 Å². The smallest absolute Gasteiger partial charge is 0.0595 e. The van der Waals surface area contributed by atoms with Gasteiger partial charge in [-0.15, -0.1) is 0 Å². The number of nitrogens with one attached hydrogen (secondary N) is 1. The highest BCUT2D eigenvalue weighted by atomic mass is 35.5. The van der Waals surface area contributed by atoms with Crippen LogP contribution in [0.4, 0.5) is 0 Å². The van der Waals surface area contributed by atoms with E-state index in [1.54, 1.807) is 0 Å². The molecule has 1 aromatic carbocycles. The van der Waals surface area contributed by atoms with E-state index in [1.807, 2.05) is 12.1 Å². The van der Waals surface area contributed by atoms with E-state index in [2.05, 4.69) is 30.1 Å². The van der Waals surface area contributed by atoms with Crippen molar-refractivity contribution in [3.63, 3.8) is 0 Å². The molecule has 1 fully saturated rings. The summed E-state index contributed by atoms with van der Waals surface area (Å²) in [5, 5.41) is 4.82. The van der Waals surface area contributed by atoms with Crippen LogP contribution >= 0.6 is 23.2 Å². The second-order valence-corrected chi connectivity index (χ2v) is 6.04. The number of hydrogen-bond acceptors (Lipinski definition) is 2. The van der Waals surface area contributed by atoms with Gasteiger partial charge in [-0.05, 0) is 50.6 Å². The SMILES string of the molecule is CCN(CC1CCCN1)C(C)c1ccc(Cl)c(Cl)c1. The van der Waals surface area contributed by atoms with Gasteiger partial charge < -0.3 is 5.32 Å². The van der Waals surface area contributed by atoms with Crippen LogP contribution < -0.4 is 5.32 Å². The van der Waals surface area contributed by atoms with Crippen LogP contribution in [-0.4, -0.2) is 30.6 Å². The lowest BCUT2D eigenvalue weighted by Gasteiger charge is -2.30. The van der Waals surface area contributed by atoms with Crippen molar-refractivity contribution in [1.29, 1.82) is 0 Å². The Hall–Kier alpha value is -0.280. The minimum absolute atomic E-state index is 0.363. The lowest BCUT2D eigenvalue weighted by atomic mass is 10.1. The quantitative estimate of drug-likeness (QED) is 0.879. The Morgan fingerprint density at radius 2 is 2.16 bits per heavy atom. The average Bonchev–Trinajstić information content (AvgIpc) is 2.91. The van der Waals surface area contributed by atoms with Gasteiger partial charge in [-0.2, -0.15) is 0 Å². The molecule has 0 radical (unpaired) electrons. The van der Waals surface area contributed by atoms with E-state index in [9.17, 15) is 0 Å². The fourth-order valence-corrected chi connectivity index (χ4v) is 3.05. The van der Waals surface area contributed by atoms with Gasteiger partial charge in [0, 0.05) is 18.6 Å². The Labute approximate surface area is 126 Å². The van der Waals surface area contributed by atoms with Crippen LogP contribution in [0.2, 0.25) is 10.0 Å². The van der Waals surface area contributed by atoms with E-state index < -0.39 is 0 Å². The third-order valence-electron chi connectivity index (χ3n) is 4.00. The summed E-state index contributed by atoms with van der Waals surface area (Å²) < 4.78 is 0. The van der Waals surface area contributed by atoms with Crippen molar-refractivity contribution in [2.45, 2.75) is 38.8 Å². The molecular weight excluding hydrogens is 279 g/mol. The molecule has 1 aliphatic rings. The molecule has 0 aromatic heterocycles. The predicted molar refractivity (Wildman–Crippen MR) is 83.1 cm³/mol. The third-order valence-corrected chi connectivity index (χ3v) is 4.74. The Bertz CT molecular complexity index is 417. The molecule has 106 valence electrons. The van der Waals surface area contributed by atoms with Crippen LogP contribution in [0, 0.1) is 0 Å². The second kappa shape index (κ2) is 6.94. The van der Waals surface area contributed by atoms with Crippen LogP contribution in [0.3, 0.4) is 0 Å². The van der Waals surface area contributed by atoms with Crippen LogP contribution in [-0.2, 0) is 0 Å². The molecule has 4 heteroatoms. The summed E-state index contributed by atoms with van der Waals surface area (Å²) in [5.41, 5.74) is 1.23. The van der Waals surface area contributed by atoms with Crippen LogP contribution in [0.1, 0.15) is 38.3 Å². The lowest BCUT2D eigenvalue weighted by Crippen LogP contribution is -2.38. The molecule has 1 aliphatic heterocycles. The highest BCUT2D eigenvalue weighted by Gasteiger charge is 2.21. The van der Waals surface area contributed by atoms with Crippen molar-refractivity contribution in [3.8, 4) is 0 Å². The molecular formula is C15H22Cl2N2. The van der Waals surface area contributed by atoms with Crippen molar-refractivity contribution >= 4 is 23.2 Å². The highest BCUT2D eigenvalue weighted by Crippen LogP contribution is 2.28. The lowest BCUT2D eigenvalue weighted by molar-refractivity contribution is 0.202. The molecule has 0 aliphatic carbocycles. The van der Waals surface area contributed by atoms with Gasteiger partial charge in [0.1, 0.15) is 0 Å². The number of nitrogens with zero attached hydrogens (tertiary/aromatic N) is 1. The molecule has 2 unspecified atom stereocenters. The Morgan fingerprint density at radius 3 is 2.74 bits per heavy atom. The molecule has 0 saturated carbocycles. The molecule has 0 amide bonds. The van der Waals surface area contributed by atoms with Crippen LogP contribution in [0.15, 0.2) is 18.2 Å². The summed E-state index contributed by atoms with van der Waals surface area (Å²) >= 11 is 12.1. The summed E-state index contributed by atoms with van der Waals surface area (Å²) in [6.45, 7) is 7.74. The molecule has 0 bridgehead atoms. The normalized spacial score (nSPS) is 21.0. The van der Waals surface area contributed by atoms with Crippen molar-refractivity contribution in [3.05, 3.63) is 33.8 Å². The van der Waals surface area contributed by atoms with Crippen molar-refractivity contribution in [2.75, 3.05) is 19.6 Å². The Kier molecular flexibility index (Phi) is 5.52. The molecule has 2 atom stereocenters. The molecule has 1 aromatic rings. The fraction of sp³-hybridized carbons (Fsp3) is 0.600. The molecule has 19 heavy (non-hydrogen) atoms. The average molecular weight is 301 g/mol. The molecule has 2 nitrogen and oxygen atoms in total. The summed E-state index contributed by atoms with van der Waals surface area (Å²) in [5.74, 6) is 0. The van der Waals surface area contributed by atoms with Crippen molar-refractivity contribution in [2.24, 2.45) is 0 Å². The van der Waals surface area contributed by atoms with Gasteiger partial charge in [0.25, 0.3) is 0 Å². The van der Waals surface area contributed by atoms with E-state index in [4.69, 9.17) is 23.2 Å². The largest absolute Gasteiger partial charge is 0.313 e. The van der Waals surface area contributed by atoms with E-state index in [0.29, 0.717) is 22.1 Å². The molecule has 0 spiro atoms. The summed E-state index contributed by atoms with van der Waals surface area (Å²) in [6, 6.07) is 6.94. The predicted octanol–water partition coefficient (Wildman–Crippen LogP) is 4.13. The van der Waals surface area contributed by atoms with Gasteiger partial charge in [-0.1, -0.05) is 36.2 Å². The van der Waals surface area contributed by atoms with E-state index in [1.165, 1.54) is 18.4 Å². The van der Waals surface area contributed by atoms with Crippen molar-refractivity contribution < 1.29 is 0 Å².